The van der Waals surface area contributed by atoms with Crippen molar-refractivity contribution in [3.05, 3.63) is 0 Å². The molecule has 4 atom stereocenters. The first-order valence-corrected chi connectivity index (χ1v) is 4.21. The van der Waals surface area contributed by atoms with E-state index in [4.69, 9.17) is 30.3 Å². The van der Waals surface area contributed by atoms with Crippen molar-refractivity contribution in [3.63, 3.8) is 0 Å². The maximum absolute atomic E-state index is 10.6. The maximum atomic E-state index is 10.6. The van der Waals surface area contributed by atoms with Gasteiger partial charge >= 0.3 is 12.1 Å². The molecule has 0 aromatic carbocycles. The zero-order chi connectivity index (χ0) is 13.8. The summed E-state index contributed by atoms with van der Waals surface area (Å²) in [6, 6.07) is 0. The fraction of sp³-hybridized carbons (Fsp3) is 0.857. The summed E-state index contributed by atoms with van der Waals surface area (Å²) in [4.78, 5) is 8.90. The summed E-state index contributed by atoms with van der Waals surface area (Å²) in [6.07, 6.45) is -10.3. The molecule has 0 aromatic rings. The molecule has 7 nitrogen and oxygen atoms in total. The lowest BCUT2D eigenvalue weighted by atomic mass is 10.1. The molecule has 1 aliphatic rings. The van der Waals surface area contributed by atoms with E-state index in [1.807, 2.05) is 0 Å². The molecule has 5 N–H and O–H groups in total. The van der Waals surface area contributed by atoms with Crippen LogP contribution in [0.5, 0.6) is 0 Å². The number of aliphatic carboxylic acids is 1. The molecule has 0 aliphatic carbocycles. The molecule has 102 valence electrons. The molecule has 0 aromatic heterocycles. The van der Waals surface area contributed by atoms with Crippen molar-refractivity contribution in [2.45, 2.75) is 30.8 Å². The predicted molar refractivity (Wildman–Crippen MR) is 43.7 cm³/mol. The highest BCUT2D eigenvalue weighted by Crippen LogP contribution is 2.13. The van der Waals surface area contributed by atoms with Crippen LogP contribution < -0.4 is 0 Å². The Morgan fingerprint density at radius 3 is 1.82 bits per heavy atom. The minimum atomic E-state index is -5.08. The quantitative estimate of drug-likeness (QED) is 0.344. The van der Waals surface area contributed by atoms with Gasteiger partial charge in [-0.25, -0.2) is 4.79 Å². The van der Waals surface area contributed by atoms with E-state index in [-0.39, 0.29) is 6.61 Å². The van der Waals surface area contributed by atoms with Gasteiger partial charge < -0.3 is 30.3 Å². The lowest BCUT2D eigenvalue weighted by Gasteiger charge is -2.31. The molecular weight excluding hydrogens is 253 g/mol. The van der Waals surface area contributed by atoms with Crippen molar-refractivity contribution < 1.29 is 48.2 Å². The Morgan fingerprint density at radius 1 is 1.12 bits per heavy atom. The van der Waals surface area contributed by atoms with Crippen LogP contribution in [0.2, 0.25) is 0 Å². The summed E-state index contributed by atoms with van der Waals surface area (Å²) in [7, 11) is 0. The molecule has 1 saturated heterocycles. The number of rotatable bonds is 0. The maximum Gasteiger partial charge on any atom is 0.490 e. The highest BCUT2D eigenvalue weighted by Gasteiger charge is 2.38. The van der Waals surface area contributed by atoms with E-state index in [1.54, 1.807) is 0 Å². The molecule has 1 fully saturated rings. The number of carboxylic acid groups (broad SMARTS) is 1. The van der Waals surface area contributed by atoms with E-state index in [0.29, 0.717) is 0 Å². The van der Waals surface area contributed by atoms with Crippen LogP contribution in [-0.2, 0) is 9.53 Å². The number of hydrogen-bond acceptors (Lipinski definition) is 6. The van der Waals surface area contributed by atoms with Gasteiger partial charge in [0.25, 0.3) is 0 Å². The molecule has 0 saturated carbocycles. The highest BCUT2D eigenvalue weighted by molar-refractivity contribution is 5.73. The molecule has 0 unspecified atom stereocenters. The molecule has 1 heterocycles. The Hall–Kier alpha value is -0.940. The molecule has 1 aliphatic heterocycles. The zero-order valence-electron chi connectivity index (χ0n) is 8.20. The summed E-state index contributed by atoms with van der Waals surface area (Å²) in [5.74, 6) is -2.76. The van der Waals surface area contributed by atoms with Crippen molar-refractivity contribution in [1.29, 1.82) is 0 Å². The third-order valence-electron chi connectivity index (χ3n) is 1.72. The van der Waals surface area contributed by atoms with Gasteiger partial charge in [0.2, 0.25) is 0 Å². The number of hydrogen-bond donors (Lipinski definition) is 5. The number of carboxylic acids is 1. The topological polar surface area (TPSA) is 127 Å². The van der Waals surface area contributed by atoms with Crippen LogP contribution in [0, 0.1) is 0 Å². The van der Waals surface area contributed by atoms with Gasteiger partial charge in [0.15, 0.2) is 6.29 Å². The van der Waals surface area contributed by atoms with E-state index in [1.165, 1.54) is 0 Å². The summed E-state index contributed by atoms with van der Waals surface area (Å²) in [5.41, 5.74) is 0. The predicted octanol–water partition coefficient (Wildman–Crippen LogP) is -1.95. The van der Waals surface area contributed by atoms with Crippen LogP contribution >= 0.6 is 0 Å². The second-order valence-electron chi connectivity index (χ2n) is 3.08. The summed E-state index contributed by atoms with van der Waals surface area (Å²) >= 11 is 0. The SMILES string of the molecule is O=C(O)C(F)(F)F.O[C@@H]1[C@@H](O)[C@H](O)OC[C@H]1O. The van der Waals surface area contributed by atoms with Crippen LogP contribution in [0.1, 0.15) is 0 Å². The third-order valence-corrected chi connectivity index (χ3v) is 1.72. The second kappa shape index (κ2) is 6.12. The van der Waals surface area contributed by atoms with Gasteiger partial charge in [-0.15, -0.1) is 0 Å². The molecule has 0 spiro atoms. The van der Waals surface area contributed by atoms with E-state index >= 15 is 0 Å². The van der Waals surface area contributed by atoms with Crippen LogP contribution in [0.15, 0.2) is 0 Å². The van der Waals surface area contributed by atoms with Crippen molar-refractivity contribution in [2.75, 3.05) is 6.61 Å². The Bertz CT molecular complexity index is 242. The van der Waals surface area contributed by atoms with Gasteiger partial charge in [-0.1, -0.05) is 0 Å². The lowest BCUT2D eigenvalue weighted by Crippen LogP contribution is -2.52. The molecule has 1 rings (SSSR count). The number of halogens is 3. The highest BCUT2D eigenvalue weighted by atomic mass is 19.4. The van der Waals surface area contributed by atoms with Crippen LogP contribution in [-0.4, -0.2) is 68.9 Å². The smallest absolute Gasteiger partial charge is 0.475 e. The number of ether oxygens (including phenoxy) is 1. The monoisotopic (exact) mass is 264 g/mol. The fourth-order valence-corrected chi connectivity index (χ4v) is 0.791. The molecule has 0 amide bonds. The van der Waals surface area contributed by atoms with Crippen molar-refractivity contribution in [1.82, 2.24) is 0 Å². The molecule has 17 heavy (non-hydrogen) atoms. The van der Waals surface area contributed by atoms with Crippen molar-refractivity contribution in [2.24, 2.45) is 0 Å². The summed E-state index contributed by atoms with van der Waals surface area (Å²) in [5, 5.41) is 42.4. The molecule has 0 radical (unpaired) electrons. The van der Waals surface area contributed by atoms with Crippen molar-refractivity contribution >= 4 is 5.97 Å². The van der Waals surface area contributed by atoms with Gasteiger partial charge in [-0.2, -0.15) is 13.2 Å². The van der Waals surface area contributed by atoms with E-state index in [9.17, 15) is 13.2 Å². The van der Waals surface area contributed by atoms with Crippen molar-refractivity contribution in [3.8, 4) is 0 Å². The first-order chi connectivity index (χ1) is 7.57. The third kappa shape index (κ3) is 5.28. The van der Waals surface area contributed by atoms with Crippen LogP contribution in [0.4, 0.5) is 13.2 Å². The largest absolute Gasteiger partial charge is 0.490 e. The Balaban J connectivity index is 0.000000325. The minimum absolute atomic E-state index is 0.153. The Morgan fingerprint density at radius 2 is 1.53 bits per heavy atom. The van der Waals surface area contributed by atoms with Crippen LogP contribution in [0.3, 0.4) is 0 Å². The summed E-state index contributed by atoms with van der Waals surface area (Å²) in [6.45, 7) is -0.153. The number of alkyl halides is 3. The zero-order valence-corrected chi connectivity index (χ0v) is 8.20. The van der Waals surface area contributed by atoms with Gasteiger partial charge in [0, 0.05) is 0 Å². The minimum Gasteiger partial charge on any atom is -0.475 e. The second-order valence-corrected chi connectivity index (χ2v) is 3.08. The molecule has 0 bridgehead atoms. The first kappa shape index (κ1) is 16.1. The summed E-state index contributed by atoms with van der Waals surface area (Å²) < 4.78 is 36.2. The standard InChI is InChI=1S/C5H10O5.C2HF3O2/c6-2-1-10-5(9)4(8)3(2)7;3-2(4,5)1(6)7/h2-9H,1H2;(H,6,7)/t2-,3+,4-,5-;/m1./s1. The average molecular weight is 264 g/mol. The lowest BCUT2D eigenvalue weighted by molar-refractivity contribution is -0.252. The van der Waals surface area contributed by atoms with E-state index in [2.05, 4.69) is 4.74 Å². The van der Waals surface area contributed by atoms with Gasteiger partial charge in [-0.05, 0) is 0 Å². The number of aliphatic hydroxyl groups is 4. The Kier molecular flexibility index (Phi) is 5.78. The first-order valence-electron chi connectivity index (χ1n) is 4.21. The fourth-order valence-electron chi connectivity index (χ4n) is 0.791. The molecular formula is C7H11F3O7. The normalized spacial score (nSPS) is 33.6. The average Bonchev–Trinajstić information content (AvgIpc) is 2.20. The number of carbonyl (C=O) groups is 1. The molecule has 10 heteroatoms. The van der Waals surface area contributed by atoms with E-state index < -0.39 is 36.7 Å². The van der Waals surface area contributed by atoms with Gasteiger partial charge in [-0.3, -0.25) is 0 Å². The van der Waals surface area contributed by atoms with E-state index in [0.717, 1.165) is 0 Å². The number of aliphatic hydroxyl groups excluding tert-OH is 4. The van der Waals surface area contributed by atoms with Gasteiger partial charge in [0.1, 0.15) is 18.3 Å². The Labute approximate surface area is 92.7 Å². The van der Waals surface area contributed by atoms with Crippen LogP contribution in [0.25, 0.3) is 0 Å². The van der Waals surface area contributed by atoms with Gasteiger partial charge in [0.05, 0.1) is 6.61 Å².